The molecular weight excluding hydrogens is 392 g/mol. The first-order chi connectivity index (χ1) is 13.6. The first-order valence-corrected chi connectivity index (χ1v) is 10.1. The molecular formula is C19H24N6O3S. The average molecular weight is 417 g/mol. The van der Waals surface area contributed by atoms with Gasteiger partial charge in [0, 0.05) is 19.9 Å². The first-order valence-electron chi connectivity index (χ1n) is 9.20. The second-order valence-corrected chi connectivity index (χ2v) is 8.70. The van der Waals surface area contributed by atoms with E-state index in [1.807, 2.05) is 18.2 Å². The molecule has 3 amide bonds. The Morgan fingerprint density at radius 2 is 1.97 bits per heavy atom. The lowest BCUT2D eigenvalue weighted by Crippen LogP contribution is -2.60. The molecule has 0 spiro atoms. The third-order valence-electron chi connectivity index (χ3n) is 4.88. The summed E-state index contributed by atoms with van der Waals surface area (Å²) in [6, 6.07) is 7.23. The molecule has 1 aromatic heterocycles. The summed E-state index contributed by atoms with van der Waals surface area (Å²) in [7, 11) is 1.78. The largest absolute Gasteiger partial charge is 0.370 e. The van der Waals surface area contributed by atoms with E-state index in [-0.39, 0.29) is 18.2 Å². The number of anilines is 2. The Bertz CT molecular complexity index is 971. The zero-order valence-corrected chi connectivity index (χ0v) is 17.6. The number of nitrogens with zero attached hydrogens (tertiary/aromatic N) is 4. The summed E-state index contributed by atoms with van der Waals surface area (Å²) in [6.45, 7) is 5.21. The maximum atomic E-state index is 13.4. The SMILES string of the molecule is C[C@H](Sc1nnc(CCC(N)=O)n1C)C(=O)N1c2ccccc2NC(=O)C1(C)C. The van der Waals surface area contributed by atoms with E-state index in [9.17, 15) is 14.4 Å². The number of amides is 3. The second kappa shape index (κ2) is 7.86. The van der Waals surface area contributed by atoms with Gasteiger partial charge in [-0.3, -0.25) is 19.3 Å². The van der Waals surface area contributed by atoms with Crippen molar-refractivity contribution in [1.29, 1.82) is 0 Å². The zero-order valence-electron chi connectivity index (χ0n) is 16.8. The van der Waals surface area contributed by atoms with Gasteiger partial charge in [0.15, 0.2) is 5.16 Å². The Morgan fingerprint density at radius 1 is 1.28 bits per heavy atom. The molecule has 154 valence electrons. The number of thioether (sulfide) groups is 1. The lowest BCUT2D eigenvalue weighted by Gasteiger charge is -2.43. The quantitative estimate of drug-likeness (QED) is 0.688. The molecule has 2 aromatic rings. The third kappa shape index (κ3) is 3.98. The number of rotatable bonds is 6. The Kier molecular flexibility index (Phi) is 5.65. The summed E-state index contributed by atoms with van der Waals surface area (Å²) >= 11 is 1.25. The molecule has 0 radical (unpaired) electrons. The van der Waals surface area contributed by atoms with Crippen molar-refractivity contribution in [1.82, 2.24) is 14.8 Å². The molecule has 1 aliphatic heterocycles. The fourth-order valence-corrected chi connectivity index (χ4v) is 4.01. The maximum absolute atomic E-state index is 13.4. The van der Waals surface area contributed by atoms with Crippen molar-refractivity contribution < 1.29 is 14.4 Å². The van der Waals surface area contributed by atoms with E-state index in [4.69, 9.17) is 5.73 Å². The molecule has 0 aliphatic carbocycles. The lowest BCUT2D eigenvalue weighted by atomic mass is 9.96. The van der Waals surface area contributed by atoms with E-state index in [2.05, 4.69) is 15.5 Å². The Hall–Kier alpha value is -2.88. The third-order valence-corrected chi connectivity index (χ3v) is 6.00. The Balaban J connectivity index is 1.83. The van der Waals surface area contributed by atoms with E-state index in [0.717, 1.165) is 0 Å². The van der Waals surface area contributed by atoms with Crippen molar-refractivity contribution in [3.8, 4) is 0 Å². The summed E-state index contributed by atoms with van der Waals surface area (Å²) in [5, 5.41) is 11.1. The van der Waals surface area contributed by atoms with Crippen LogP contribution in [0.4, 0.5) is 11.4 Å². The average Bonchev–Trinajstić information content (AvgIpc) is 3.00. The van der Waals surface area contributed by atoms with Gasteiger partial charge in [-0.1, -0.05) is 23.9 Å². The molecule has 0 saturated heterocycles. The van der Waals surface area contributed by atoms with Crippen molar-refractivity contribution in [3.05, 3.63) is 30.1 Å². The van der Waals surface area contributed by atoms with Gasteiger partial charge in [0.2, 0.25) is 17.7 Å². The maximum Gasteiger partial charge on any atom is 0.250 e. The highest BCUT2D eigenvalue weighted by Crippen LogP contribution is 2.38. The highest BCUT2D eigenvalue weighted by atomic mass is 32.2. The van der Waals surface area contributed by atoms with E-state index in [0.29, 0.717) is 28.8 Å². The summed E-state index contributed by atoms with van der Waals surface area (Å²) in [6.07, 6.45) is 0.563. The standard InChI is InChI=1S/C19H24N6O3S/c1-11(29-18-23-22-15(24(18)4)10-9-14(20)26)16(27)25-13-8-6-5-7-12(13)21-17(28)19(25,2)3/h5-8,11H,9-10H2,1-4H3,(H2,20,26)(H,21,28)/t11-/m0/s1. The van der Waals surface area contributed by atoms with Crippen molar-refractivity contribution in [2.75, 3.05) is 10.2 Å². The Labute approximate surface area is 173 Å². The number of nitrogens with one attached hydrogen (secondary N) is 1. The second-order valence-electron chi connectivity index (χ2n) is 7.39. The minimum absolute atomic E-state index is 0.180. The minimum atomic E-state index is -1.03. The van der Waals surface area contributed by atoms with Crippen LogP contribution < -0.4 is 16.0 Å². The van der Waals surface area contributed by atoms with Gasteiger partial charge in [0.1, 0.15) is 11.4 Å². The van der Waals surface area contributed by atoms with Crippen molar-refractivity contribution in [2.24, 2.45) is 12.8 Å². The number of aryl methyl sites for hydroxylation is 1. The summed E-state index contributed by atoms with van der Waals surface area (Å²) in [5.74, 6) is -0.234. The summed E-state index contributed by atoms with van der Waals surface area (Å²) in [5.41, 5.74) is 5.42. The number of aromatic nitrogens is 3. The molecule has 2 heterocycles. The number of nitrogens with two attached hydrogens (primary N) is 1. The van der Waals surface area contributed by atoms with E-state index < -0.39 is 16.7 Å². The highest BCUT2D eigenvalue weighted by molar-refractivity contribution is 8.00. The molecule has 3 N–H and O–H groups in total. The molecule has 10 heteroatoms. The van der Waals surface area contributed by atoms with Gasteiger partial charge >= 0.3 is 0 Å². The van der Waals surface area contributed by atoms with E-state index >= 15 is 0 Å². The van der Waals surface area contributed by atoms with Gasteiger partial charge in [-0.15, -0.1) is 10.2 Å². The van der Waals surface area contributed by atoms with E-state index in [1.165, 1.54) is 11.8 Å². The summed E-state index contributed by atoms with van der Waals surface area (Å²) < 4.78 is 1.75. The number of carbonyl (C=O) groups excluding carboxylic acids is 3. The van der Waals surface area contributed by atoms with Crippen molar-refractivity contribution in [3.63, 3.8) is 0 Å². The number of carbonyl (C=O) groups is 3. The van der Waals surface area contributed by atoms with Crippen molar-refractivity contribution >= 4 is 40.9 Å². The van der Waals surface area contributed by atoms with E-state index in [1.54, 1.807) is 43.4 Å². The van der Waals surface area contributed by atoms with Crippen LogP contribution in [0.5, 0.6) is 0 Å². The van der Waals surface area contributed by atoms with Gasteiger partial charge in [-0.2, -0.15) is 0 Å². The molecule has 0 bridgehead atoms. The van der Waals surface area contributed by atoms with Crippen LogP contribution in [0.25, 0.3) is 0 Å². The van der Waals surface area contributed by atoms with Gasteiger partial charge in [0.05, 0.1) is 16.6 Å². The molecule has 9 nitrogen and oxygen atoms in total. The molecule has 3 rings (SSSR count). The molecule has 1 aliphatic rings. The highest BCUT2D eigenvalue weighted by Gasteiger charge is 2.44. The van der Waals surface area contributed by atoms with Gasteiger partial charge < -0.3 is 15.6 Å². The van der Waals surface area contributed by atoms with Crippen LogP contribution >= 0.6 is 11.8 Å². The predicted molar refractivity (Wildman–Crippen MR) is 110 cm³/mol. The summed E-state index contributed by atoms with van der Waals surface area (Å²) in [4.78, 5) is 38.5. The molecule has 1 aromatic carbocycles. The van der Waals surface area contributed by atoms with Crippen LogP contribution in [0.2, 0.25) is 0 Å². The lowest BCUT2D eigenvalue weighted by molar-refractivity contribution is -0.126. The molecule has 0 saturated carbocycles. The first kappa shape index (κ1) is 20.8. The molecule has 1 atom stereocenters. The van der Waals surface area contributed by atoms with Gasteiger partial charge in [-0.05, 0) is 32.9 Å². The Morgan fingerprint density at radius 3 is 2.66 bits per heavy atom. The van der Waals surface area contributed by atoms with Gasteiger partial charge in [-0.25, -0.2) is 0 Å². The smallest absolute Gasteiger partial charge is 0.250 e. The normalized spacial score (nSPS) is 16.1. The fraction of sp³-hybridized carbons (Fsp3) is 0.421. The van der Waals surface area contributed by atoms with Crippen LogP contribution in [0.15, 0.2) is 29.4 Å². The molecule has 29 heavy (non-hydrogen) atoms. The number of para-hydroxylation sites is 2. The molecule has 0 fully saturated rings. The number of hydrogen-bond donors (Lipinski definition) is 2. The number of benzene rings is 1. The van der Waals surface area contributed by atoms with Crippen LogP contribution in [0, 0.1) is 0 Å². The van der Waals surface area contributed by atoms with Gasteiger partial charge in [0.25, 0.3) is 0 Å². The number of fused-ring (bicyclic) bond motifs is 1. The van der Waals surface area contributed by atoms with Crippen molar-refractivity contribution in [2.45, 2.75) is 49.6 Å². The minimum Gasteiger partial charge on any atom is -0.370 e. The zero-order chi connectivity index (χ0) is 21.3. The predicted octanol–water partition coefficient (Wildman–Crippen LogP) is 1.48. The van der Waals surface area contributed by atoms with Crippen LogP contribution in [0.1, 0.15) is 33.0 Å². The van der Waals surface area contributed by atoms with Crippen LogP contribution in [0.3, 0.4) is 0 Å². The monoisotopic (exact) mass is 416 g/mol. The van der Waals surface area contributed by atoms with Crippen LogP contribution in [-0.2, 0) is 27.9 Å². The van der Waals surface area contributed by atoms with Crippen LogP contribution in [-0.4, -0.2) is 43.3 Å². The number of primary amides is 1. The molecule has 0 unspecified atom stereocenters. The fourth-order valence-electron chi connectivity index (χ4n) is 3.14. The topological polar surface area (TPSA) is 123 Å². The number of hydrogen-bond acceptors (Lipinski definition) is 6.